The first-order valence-electron chi connectivity index (χ1n) is 14.8. The molecule has 0 bridgehead atoms. The molecule has 0 unspecified atom stereocenters. The largest absolute Gasteiger partial charge is 0.439 e. The maximum absolute atomic E-state index is 13.9. The number of unbranched alkanes of at least 4 members (excludes halogenated alkanes) is 1. The van der Waals surface area contributed by atoms with Crippen LogP contribution in [0.5, 0.6) is 0 Å². The molecule has 1 aliphatic rings. The van der Waals surface area contributed by atoms with Crippen molar-refractivity contribution < 1.29 is 9.32 Å². The van der Waals surface area contributed by atoms with Crippen molar-refractivity contribution in [3.63, 3.8) is 0 Å². The molecule has 9 heteroatoms. The number of nitrogens with one attached hydrogen (secondary N) is 1. The van der Waals surface area contributed by atoms with Crippen LogP contribution in [-0.4, -0.2) is 43.6 Å². The number of benzene rings is 2. The van der Waals surface area contributed by atoms with Crippen LogP contribution in [0, 0.1) is 12.3 Å². The van der Waals surface area contributed by atoms with Gasteiger partial charge in [-0.1, -0.05) is 80.9 Å². The van der Waals surface area contributed by atoms with Crippen LogP contribution in [0.2, 0.25) is 0 Å². The highest BCUT2D eigenvalue weighted by Gasteiger charge is 2.29. The van der Waals surface area contributed by atoms with E-state index >= 15 is 0 Å². The third-order valence-electron chi connectivity index (χ3n) is 8.33. The van der Waals surface area contributed by atoms with E-state index in [4.69, 9.17) is 9.51 Å². The number of likely N-dealkylation sites (tertiary alicyclic amines) is 1. The van der Waals surface area contributed by atoms with E-state index in [0.29, 0.717) is 30.0 Å². The van der Waals surface area contributed by atoms with E-state index in [-0.39, 0.29) is 23.3 Å². The highest BCUT2D eigenvalue weighted by molar-refractivity contribution is 5.80. The third-order valence-corrected chi connectivity index (χ3v) is 8.33. The molecule has 0 saturated carbocycles. The highest BCUT2D eigenvalue weighted by atomic mass is 16.5. The number of aryl methyl sites for hydroxylation is 2. The van der Waals surface area contributed by atoms with E-state index in [1.54, 1.807) is 4.57 Å². The number of hydrogen-bond donors (Lipinski definition) is 1. The molecule has 1 N–H and O–H groups in total. The Hall–Kier alpha value is -4.27. The summed E-state index contributed by atoms with van der Waals surface area (Å²) in [6, 6.07) is 15.6. The first-order valence-corrected chi connectivity index (χ1v) is 14.8. The number of nitrogens with zero attached hydrogens (tertiary/aromatic N) is 4. The second kappa shape index (κ2) is 12.3. The maximum Gasteiger partial charge on any atom is 0.439 e. The minimum atomic E-state index is -0.605. The van der Waals surface area contributed by atoms with Gasteiger partial charge in [0.2, 0.25) is 5.91 Å². The molecular formula is C33H39N5O4. The third kappa shape index (κ3) is 6.45. The number of carbonyl (C=O) groups is 1. The smallest absolute Gasteiger partial charge is 0.342 e. The Morgan fingerprint density at radius 1 is 1.02 bits per heavy atom. The molecule has 2 aromatic carbocycles. The predicted octanol–water partition coefficient (Wildman–Crippen LogP) is 5.14. The second-order valence-electron chi connectivity index (χ2n) is 12.0. The van der Waals surface area contributed by atoms with Crippen molar-refractivity contribution in [1.29, 1.82) is 0 Å². The molecule has 0 atom stereocenters. The zero-order chi connectivity index (χ0) is 29.9. The van der Waals surface area contributed by atoms with Gasteiger partial charge in [0.05, 0.1) is 13.0 Å². The van der Waals surface area contributed by atoms with Gasteiger partial charge in [0.1, 0.15) is 5.82 Å². The van der Waals surface area contributed by atoms with Gasteiger partial charge in [-0.3, -0.25) is 23.7 Å². The summed E-state index contributed by atoms with van der Waals surface area (Å²) in [5.41, 5.74) is 4.78. The fourth-order valence-corrected chi connectivity index (χ4v) is 5.53. The van der Waals surface area contributed by atoms with Crippen molar-refractivity contribution in [2.75, 3.05) is 13.1 Å². The van der Waals surface area contributed by atoms with Crippen LogP contribution in [0.1, 0.15) is 69.1 Å². The zero-order valence-corrected chi connectivity index (χ0v) is 24.9. The fourth-order valence-electron chi connectivity index (χ4n) is 5.53. The van der Waals surface area contributed by atoms with E-state index in [2.05, 4.69) is 30.9 Å². The number of aromatic nitrogens is 4. The Labute approximate surface area is 245 Å². The van der Waals surface area contributed by atoms with Gasteiger partial charge in [-0.15, -0.1) is 0 Å². The topological polar surface area (TPSA) is 114 Å². The number of hydrogen-bond acceptors (Lipinski definition) is 6. The van der Waals surface area contributed by atoms with Crippen molar-refractivity contribution >= 4 is 5.91 Å². The van der Waals surface area contributed by atoms with Crippen molar-refractivity contribution in [2.45, 2.75) is 72.8 Å². The molecule has 2 aromatic heterocycles. The van der Waals surface area contributed by atoms with E-state index < -0.39 is 5.76 Å². The normalized spacial score (nSPS) is 14.7. The first-order chi connectivity index (χ1) is 20.1. The molecule has 1 amide bonds. The lowest BCUT2D eigenvalue weighted by Crippen LogP contribution is -2.43. The minimum Gasteiger partial charge on any atom is -0.342 e. The second-order valence-corrected chi connectivity index (χ2v) is 12.0. The van der Waals surface area contributed by atoms with Gasteiger partial charge < -0.3 is 4.90 Å². The van der Waals surface area contributed by atoms with Gasteiger partial charge in [0.15, 0.2) is 5.82 Å². The first kappa shape index (κ1) is 29.2. The summed E-state index contributed by atoms with van der Waals surface area (Å²) in [6.07, 6.45) is 4.62. The average Bonchev–Trinajstić information content (AvgIpc) is 3.42. The number of piperidine rings is 1. The van der Waals surface area contributed by atoms with Crippen LogP contribution in [0.4, 0.5) is 0 Å². The summed E-state index contributed by atoms with van der Waals surface area (Å²) in [5, 5.41) is 3.85. The lowest BCUT2D eigenvalue weighted by atomic mass is 9.82. The van der Waals surface area contributed by atoms with Crippen molar-refractivity contribution in [1.82, 2.24) is 24.6 Å². The van der Waals surface area contributed by atoms with Crippen LogP contribution in [0.25, 0.3) is 22.5 Å². The van der Waals surface area contributed by atoms with E-state index in [9.17, 15) is 14.4 Å². The highest BCUT2D eigenvalue weighted by Crippen LogP contribution is 2.31. The number of H-pyrrole nitrogens is 1. The van der Waals surface area contributed by atoms with E-state index in [0.717, 1.165) is 66.9 Å². The molecule has 3 heterocycles. The molecule has 1 saturated heterocycles. The monoisotopic (exact) mass is 569 g/mol. The van der Waals surface area contributed by atoms with Crippen LogP contribution >= 0.6 is 0 Å². The molecule has 220 valence electrons. The molecule has 5 rings (SSSR count). The molecule has 9 nitrogen and oxygen atoms in total. The Morgan fingerprint density at radius 2 is 1.71 bits per heavy atom. The Balaban J connectivity index is 1.42. The maximum atomic E-state index is 13.9. The van der Waals surface area contributed by atoms with Crippen LogP contribution in [0.15, 0.2) is 62.6 Å². The summed E-state index contributed by atoms with van der Waals surface area (Å²) in [7, 11) is 0. The standard InChI is InChI=1S/C33H39N5O4/c1-5-6-11-28-34-22(2)27(20-29(39)37-18-16-33(3,4)17-19-37)31(40)38(28)21-23-12-14-24(15-13-23)25-9-7-8-10-26(25)30-35-32(41)42-36-30/h7-10,12-15H,5-6,11,16-21H2,1-4H3,(H,35,36,41). The predicted molar refractivity (Wildman–Crippen MR) is 162 cm³/mol. The number of rotatable bonds is 9. The summed E-state index contributed by atoms with van der Waals surface area (Å²) in [5.74, 6) is 0.511. The van der Waals surface area contributed by atoms with Gasteiger partial charge in [0.25, 0.3) is 5.56 Å². The molecule has 0 aliphatic carbocycles. The number of carbonyl (C=O) groups excluding carboxylic acids is 1. The van der Waals surface area contributed by atoms with Crippen molar-refractivity contribution in [3.05, 3.63) is 92.1 Å². The zero-order valence-electron chi connectivity index (χ0n) is 24.9. The lowest BCUT2D eigenvalue weighted by molar-refractivity contribution is -0.132. The van der Waals surface area contributed by atoms with Crippen molar-refractivity contribution in [3.8, 4) is 22.5 Å². The Kier molecular flexibility index (Phi) is 8.56. The van der Waals surface area contributed by atoms with E-state index in [1.165, 1.54) is 0 Å². The molecule has 0 radical (unpaired) electrons. The quantitative estimate of drug-likeness (QED) is 0.298. The molecule has 0 spiro atoms. The summed E-state index contributed by atoms with van der Waals surface area (Å²) in [6.45, 7) is 10.3. The number of aromatic amines is 1. The fraction of sp³-hybridized carbons (Fsp3) is 0.424. The SMILES string of the molecule is CCCCc1nc(C)c(CC(=O)N2CCC(C)(C)CC2)c(=O)n1Cc1ccc(-c2ccccc2-c2noc(=O)[nH]2)cc1. The molecule has 1 aliphatic heterocycles. The molecule has 4 aromatic rings. The number of amides is 1. The summed E-state index contributed by atoms with van der Waals surface area (Å²) < 4.78 is 6.45. The van der Waals surface area contributed by atoms with Crippen LogP contribution in [0.3, 0.4) is 0 Å². The van der Waals surface area contributed by atoms with Gasteiger partial charge >= 0.3 is 5.76 Å². The van der Waals surface area contributed by atoms with Crippen molar-refractivity contribution in [2.24, 2.45) is 5.41 Å². The Morgan fingerprint density at radius 3 is 2.36 bits per heavy atom. The Bertz CT molecular complexity index is 1670. The molecule has 1 fully saturated rings. The average molecular weight is 570 g/mol. The van der Waals surface area contributed by atoms with Gasteiger partial charge in [0, 0.05) is 36.3 Å². The van der Waals surface area contributed by atoms with E-state index in [1.807, 2.05) is 60.4 Å². The summed E-state index contributed by atoms with van der Waals surface area (Å²) in [4.78, 5) is 48.0. The lowest BCUT2D eigenvalue weighted by Gasteiger charge is -2.37. The van der Waals surface area contributed by atoms with Gasteiger partial charge in [-0.05, 0) is 48.3 Å². The van der Waals surface area contributed by atoms with Crippen LogP contribution < -0.4 is 11.3 Å². The minimum absolute atomic E-state index is 0.00293. The van der Waals surface area contributed by atoms with Gasteiger partial charge in [-0.25, -0.2) is 9.78 Å². The molecular weight excluding hydrogens is 530 g/mol. The molecule has 42 heavy (non-hydrogen) atoms. The van der Waals surface area contributed by atoms with Gasteiger partial charge in [-0.2, -0.15) is 0 Å². The summed E-state index contributed by atoms with van der Waals surface area (Å²) >= 11 is 0. The van der Waals surface area contributed by atoms with Crippen LogP contribution in [-0.2, 0) is 24.2 Å².